The summed E-state index contributed by atoms with van der Waals surface area (Å²) in [6.07, 6.45) is 0.0606. The summed E-state index contributed by atoms with van der Waals surface area (Å²) in [6, 6.07) is 6.55. The van der Waals surface area contributed by atoms with Crippen molar-refractivity contribution in [1.29, 1.82) is 0 Å². The molecule has 1 atom stereocenters. The van der Waals surface area contributed by atoms with Crippen molar-refractivity contribution in [2.24, 2.45) is 5.73 Å². The van der Waals surface area contributed by atoms with E-state index in [1.807, 2.05) is 14.0 Å². The number of ether oxygens (including phenoxy) is 1. The molecule has 0 saturated heterocycles. The van der Waals surface area contributed by atoms with Crippen molar-refractivity contribution in [2.75, 3.05) is 26.7 Å². The second kappa shape index (κ2) is 7.37. The molecule has 1 aromatic carbocycles. The number of hydrogen-bond acceptors (Lipinski definition) is 3. The molecule has 0 aliphatic carbocycles. The van der Waals surface area contributed by atoms with Crippen molar-refractivity contribution < 1.29 is 9.13 Å². The van der Waals surface area contributed by atoms with Crippen LogP contribution >= 0.6 is 0 Å². The predicted octanol–water partition coefficient (Wildman–Crippen LogP) is 1.62. The first-order valence-corrected chi connectivity index (χ1v) is 5.90. The molecule has 0 bridgehead atoms. The lowest BCUT2D eigenvalue weighted by atomic mass is 10.2. The van der Waals surface area contributed by atoms with E-state index in [4.69, 9.17) is 10.5 Å². The molecule has 0 heterocycles. The lowest BCUT2D eigenvalue weighted by Crippen LogP contribution is -2.36. The van der Waals surface area contributed by atoms with E-state index in [1.165, 1.54) is 12.1 Å². The summed E-state index contributed by atoms with van der Waals surface area (Å²) in [6.45, 7) is 4.70. The Hall–Kier alpha value is -0.970. The van der Waals surface area contributed by atoms with Gasteiger partial charge in [-0.3, -0.25) is 4.90 Å². The SMILES string of the molecule is CCOC(CN)CN(C)Cc1ccc(F)cc1. The van der Waals surface area contributed by atoms with Gasteiger partial charge in [0.2, 0.25) is 0 Å². The predicted molar refractivity (Wildman–Crippen MR) is 67.2 cm³/mol. The molecule has 2 N–H and O–H groups in total. The standard InChI is InChI=1S/C13H21FN2O/c1-3-17-13(8-15)10-16(2)9-11-4-6-12(14)7-5-11/h4-7,13H,3,8-10,15H2,1-2H3. The molecule has 0 aliphatic heterocycles. The van der Waals surface area contributed by atoms with Crippen LogP contribution in [0, 0.1) is 5.82 Å². The molecule has 0 radical (unpaired) electrons. The van der Waals surface area contributed by atoms with Gasteiger partial charge >= 0.3 is 0 Å². The summed E-state index contributed by atoms with van der Waals surface area (Å²) in [5, 5.41) is 0. The number of nitrogens with zero attached hydrogens (tertiary/aromatic N) is 1. The smallest absolute Gasteiger partial charge is 0.123 e. The second-order valence-electron chi connectivity index (χ2n) is 4.14. The molecule has 0 amide bonds. The van der Waals surface area contributed by atoms with E-state index in [-0.39, 0.29) is 11.9 Å². The van der Waals surface area contributed by atoms with E-state index in [0.29, 0.717) is 13.2 Å². The van der Waals surface area contributed by atoms with Crippen LogP contribution in [0.2, 0.25) is 0 Å². The van der Waals surface area contributed by atoms with Crippen molar-refractivity contribution >= 4 is 0 Å². The monoisotopic (exact) mass is 240 g/mol. The Labute approximate surface area is 102 Å². The minimum atomic E-state index is -0.203. The maximum Gasteiger partial charge on any atom is 0.123 e. The molecule has 4 heteroatoms. The third-order valence-electron chi connectivity index (χ3n) is 2.55. The van der Waals surface area contributed by atoms with E-state index >= 15 is 0 Å². The lowest BCUT2D eigenvalue weighted by Gasteiger charge is -2.23. The molecule has 0 fully saturated rings. The second-order valence-corrected chi connectivity index (χ2v) is 4.14. The zero-order chi connectivity index (χ0) is 12.7. The zero-order valence-electron chi connectivity index (χ0n) is 10.5. The van der Waals surface area contributed by atoms with E-state index in [2.05, 4.69) is 4.90 Å². The Morgan fingerprint density at radius 2 is 2.00 bits per heavy atom. The topological polar surface area (TPSA) is 38.5 Å². The maximum atomic E-state index is 12.7. The molecule has 96 valence electrons. The first-order chi connectivity index (χ1) is 8.15. The quantitative estimate of drug-likeness (QED) is 0.787. The van der Waals surface area contributed by atoms with Gasteiger partial charge in [-0.2, -0.15) is 0 Å². The van der Waals surface area contributed by atoms with Gasteiger partial charge in [0.15, 0.2) is 0 Å². The summed E-state index contributed by atoms with van der Waals surface area (Å²) < 4.78 is 18.2. The number of likely N-dealkylation sites (N-methyl/N-ethyl adjacent to an activating group) is 1. The largest absolute Gasteiger partial charge is 0.376 e. The van der Waals surface area contributed by atoms with Crippen molar-refractivity contribution in [1.82, 2.24) is 4.90 Å². The number of rotatable bonds is 7. The van der Waals surface area contributed by atoms with Crippen LogP contribution < -0.4 is 5.73 Å². The molecular weight excluding hydrogens is 219 g/mol. The fourth-order valence-electron chi connectivity index (χ4n) is 1.74. The third kappa shape index (κ3) is 5.26. The molecule has 0 saturated carbocycles. The first-order valence-electron chi connectivity index (χ1n) is 5.90. The van der Waals surface area contributed by atoms with Crippen LogP contribution in [0.25, 0.3) is 0 Å². The number of nitrogens with two attached hydrogens (primary N) is 1. The van der Waals surface area contributed by atoms with Crippen molar-refractivity contribution in [3.05, 3.63) is 35.6 Å². The van der Waals surface area contributed by atoms with E-state index in [1.54, 1.807) is 12.1 Å². The Kier molecular flexibility index (Phi) is 6.11. The number of hydrogen-bond donors (Lipinski definition) is 1. The van der Waals surface area contributed by atoms with Crippen LogP contribution in [-0.2, 0) is 11.3 Å². The first kappa shape index (κ1) is 14.1. The summed E-state index contributed by atoms with van der Waals surface area (Å²) in [7, 11) is 2.00. The van der Waals surface area contributed by atoms with Crippen LogP contribution in [0.4, 0.5) is 4.39 Å². The van der Waals surface area contributed by atoms with Gasteiger partial charge in [-0.15, -0.1) is 0 Å². The number of benzene rings is 1. The minimum absolute atomic E-state index is 0.0606. The Morgan fingerprint density at radius 3 is 2.53 bits per heavy atom. The lowest BCUT2D eigenvalue weighted by molar-refractivity contribution is 0.0437. The third-order valence-corrected chi connectivity index (χ3v) is 2.55. The van der Waals surface area contributed by atoms with Crippen LogP contribution in [0.5, 0.6) is 0 Å². The van der Waals surface area contributed by atoms with Gasteiger partial charge in [-0.05, 0) is 31.7 Å². The van der Waals surface area contributed by atoms with Crippen LogP contribution in [0.1, 0.15) is 12.5 Å². The zero-order valence-corrected chi connectivity index (χ0v) is 10.5. The average molecular weight is 240 g/mol. The van der Waals surface area contributed by atoms with E-state index in [0.717, 1.165) is 18.7 Å². The summed E-state index contributed by atoms with van der Waals surface area (Å²) in [5.41, 5.74) is 6.70. The Morgan fingerprint density at radius 1 is 1.35 bits per heavy atom. The fourth-order valence-corrected chi connectivity index (χ4v) is 1.74. The molecule has 1 rings (SSSR count). The molecule has 0 spiro atoms. The summed E-state index contributed by atoms with van der Waals surface area (Å²) >= 11 is 0. The Bertz CT molecular complexity index is 316. The summed E-state index contributed by atoms with van der Waals surface area (Å²) in [5.74, 6) is -0.203. The van der Waals surface area contributed by atoms with Gasteiger partial charge in [0.05, 0.1) is 6.10 Å². The highest BCUT2D eigenvalue weighted by Gasteiger charge is 2.09. The summed E-state index contributed by atoms with van der Waals surface area (Å²) in [4.78, 5) is 2.13. The normalized spacial score (nSPS) is 13.0. The van der Waals surface area contributed by atoms with Gasteiger partial charge < -0.3 is 10.5 Å². The fraction of sp³-hybridized carbons (Fsp3) is 0.538. The molecule has 0 aromatic heterocycles. The van der Waals surface area contributed by atoms with Crippen LogP contribution in [0.15, 0.2) is 24.3 Å². The van der Waals surface area contributed by atoms with Crippen LogP contribution in [0.3, 0.4) is 0 Å². The average Bonchev–Trinajstić information content (AvgIpc) is 2.31. The van der Waals surface area contributed by atoms with Gasteiger partial charge in [0, 0.05) is 26.2 Å². The van der Waals surface area contributed by atoms with E-state index < -0.39 is 0 Å². The number of halogens is 1. The molecular formula is C13H21FN2O. The molecule has 3 nitrogen and oxygen atoms in total. The van der Waals surface area contributed by atoms with Crippen molar-refractivity contribution in [2.45, 2.75) is 19.6 Å². The van der Waals surface area contributed by atoms with E-state index in [9.17, 15) is 4.39 Å². The highest BCUT2D eigenvalue weighted by atomic mass is 19.1. The molecule has 17 heavy (non-hydrogen) atoms. The molecule has 1 aromatic rings. The highest BCUT2D eigenvalue weighted by molar-refractivity contribution is 5.15. The highest BCUT2D eigenvalue weighted by Crippen LogP contribution is 2.06. The van der Waals surface area contributed by atoms with Gasteiger partial charge in [-0.25, -0.2) is 4.39 Å². The molecule has 0 aliphatic rings. The maximum absolute atomic E-state index is 12.7. The van der Waals surface area contributed by atoms with Gasteiger partial charge in [0.25, 0.3) is 0 Å². The van der Waals surface area contributed by atoms with Gasteiger partial charge in [0.1, 0.15) is 5.82 Å². The van der Waals surface area contributed by atoms with Crippen LogP contribution in [-0.4, -0.2) is 37.7 Å². The Balaban J connectivity index is 2.42. The van der Waals surface area contributed by atoms with Crippen molar-refractivity contribution in [3.8, 4) is 0 Å². The minimum Gasteiger partial charge on any atom is -0.376 e. The van der Waals surface area contributed by atoms with Gasteiger partial charge in [-0.1, -0.05) is 12.1 Å². The molecule has 1 unspecified atom stereocenters. The van der Waals surface area contributed by atoms with Crippen molar-refractivity contribution in [3.63, 3.8) is 0 Å².